The number of ether oxygens (including phenoxy) is 6. The molecule has 17 atom stereocenters. The summed E-state index contributed by atoms with van der Waals surface area (Å²) in [6.45, 7) is 1.72. The molecule has 0 aromatic heterocycles. The molecule has 17 unspecified atom stereocenters. The lowest BCUT2D eigenvalue weighted by Crippen LogP contribution is -2.66. The summed E-state index contributed by atoms with van der Waals surface area (Å²) in [5, 5.41) is 121. The third kappa shape index (κ3) is 43.7. The molecule has 103 heavy (non-hydrogen) atoms. The predicted octanol–water partition coefficient (Wildman–Crippen LogP) is 14.2. The van der Waals surface area contributed by atoms with Gasteiger partial charge in [-0.2, -0.15) is 0 Å². The number of carbonyl (C=O) groups is 1. The van der Waals surface area contributed by atoms with Gasteiger partial charge in [-0.3, -0.25) is 4.79 Å². The second-order valence-corrected chi connectivity index (χ2v) is 29.2. The maximum absolute atomic E-state index is 13.5. The van der Waals surface area contributed by atoms with Gasteiger partial charge in [-0.25, -0.2) is 0 Å². The highest BCUT2D eigenvalue weighted by atomic mass is 16.8. The van der Waals surface area contributed by atoms with Gasteiger partial charge >= 0.3 is 0 Å². The van der Waals surface area contributed by atoms with Crippen molar-refractivity contribution in [2.45, 2.75) is 413 Å². The van der Waals surface area contributed by atoms with Crippen molar-refractivity contribution in [3.05, 3.63) is 85.1 Å². The largest absolute Gasteiger partial charge is 0.394 e. The number of hydrogen-bond donors (Lipinski definition) is 12. The lowest BCUT2D eigenvalue weighted by molar-refractivity contribution is -0.379. The van der Waals surface area contributed by atoms with Gasteiger partial charge in [0.15, 0.2) is 18.9 Å². The average Bonchev–Trinajstić information content (AvgIpc) is 0.781. The van der Waals surface area contributed by atoms with Crippen LogP contribution in [0, 0.1) is 0 Å². The van der Waals surface area contributed by atoms with Crippen LogP contribution in [0.5, 0.6) is 0 Å². The summed E-state index contributed by atoms with van der Waals surface area (Å²) in [5.74, 6) is -0.249. The third-order valence-electron chi connectivity index (χ3n) is 20.2. The molecule has 1 amide bonds. The van der Waals surface area contributed by atoms with Crippen LogP contribution < -0.4 is 5.32 Å². The molecule has 3 aliphatic heterocycles. The van der Waals surface area contributed by atoms with Crippen LogP contribution in [0.1, 0.15) is 309 Å². The van der Waals surface area contributed by atoms with Gasteiger partial charge in [0, 0.05) is 6.42 Å². The van der Waals surface area contributed by atoms with E-state index in [-0.39, 0.29) is 18.9 Å². The van der Waals surface area contributed by atoms with Gasteiger partial charge in [0.05, 0.1) is 38.6 Å². The van der Waals surface area contributed by atoms with Crippen LogP contribution in [0.3, 0.4) is 0 Å². The van der Waals surface area contributed by atoms with Crippen molar-refractivity contribution in [3.63, 3.8) is 0 Å². The number of hydrogen-bond acceptors (Lipinski definition) is 18. The van der Waals surface area contributed by atoms with E-state index < -0.39 is 124 Å². The molecule has 0 spiro atoms. The highest BCUT2D eigenvalue weighted by Crippen LogP contribution is 2.33. The van der Waals surface area contributed by atoms with E-state index >= 15 is 0 Å². The zero-order valence-electron chi connectivity index (χ0n) is 64.0. The Morgan fingerprint density at radius 1 is 0.359 bits per heavy atom. The fourth-order valence-corrected chi connectivity index (χ4v) is 13.7. The molecule has 598 valence electrons. The standard InChI is InChI=1S/C84H149NO18/c1-3-5-7-9-11-13-15-17-19-21-23-25-27-29-31-32-33-34-36-38-40-42-44-46-48-50-52-54-56-58-60-62-72(90)85-67(68(89)61-59-57-55-53-51-49-47-45-43-41-39-37-35-30-28-26-24-22-20-18-16-14-12-10-8-6-4-2)66-98-82-78(96)75(93)80(70(64-87)100-82)103-84-79(97)76(94)81(71(65-88)101-84)102-83-77(95)74(92)73(91)69(63-86)99-83/h5,7,11,13,17,19,23,25,29,31,33-34,38,40,67-71,73-84,86-89,91-97H,3-4,6,8-10,12,14-16,18,20-22,24,26-28,30,32,35-37,39,41-66H2,1-2H3,(H,85,90)/b7-5-,13-11-,19-17-,25-23-,31-29-,34-33-,40-38-. The maximum atomic E-state index is 13.5. The molecule has 0 aliphatic carbocycles. The Morgan fingerprint density at radius 2 is 0.670 bits per heavy atom. The van der Waals surface area contributed by atoms with Crippen LogP contribution in [0.2, 0.25) is 0 Å². The third-order valence-corrected chi connectivity index (χ3v) is 20.2. The van der Waals surface area contributed by atoms with E-state index in [0.29, 0.717) is 12.8 Å². The zero-order chi connectivity index (χ0) is 74.6. The summed E-state index contributed by atoms with van der Waals surface area (Å²) in [6, 6.07) is -0.898. The van der Waals surface area contributed by atoms with E-state index in [0.717, 1.165) is 103 Å². The first-order valence-corrected chi connectivity index (χ1v) is 41.3. The fourth-order valence-electron chi connectivity index (χ4n) is 13.7. The summed E-state index contributed by atoms with van der Waals surface area (Å²) in [4.78, 5) is 13.5. The summed E-state index contributed by atoms with van der Waals surface area (Å²) in [6.07, 6.45) is 58.0. The normalized spacial score (nSPS) is 26.5. The molecule has 0 aromatic rings. The van der Waals surface area contributed by atoms with Crippen LogP contribution in [0.25, 0.3) is 0 Å². The topological polar surface area (TPSA) is 307 Å². The molecule has 3 saturated heterocycles. The minimum atomic E-state index is -1.98. The molecule has 0 bridgehead atoms. The minimum absolute atomic E-state index is 0.249. The summed E-state index contributed by atoms with van der Waals surface area (Å²) in [5.41, 5.74) is 0. The molecule has 0 saturated carbocycles. The number of allylic oxidation sites excluding steroid dienone is 14. The number of carbonyl (C=O) groups excluding carboxylic acids is 1. The van der Waals surface area contributed by atoms with Crippen molar-refractivity contribution in [2.24, 2.45) is 0 Å². The van der Waals surface area contributed by atoms with Gasteiger partial charge in [-0.05, 0) is 70.6 Å². The predicted molar refractivity (Wildman–Crippen MR) is 411 cm³/mol. The minimum Gasteiger partial charge on any atom is -0.394 e. The Labute approximate surface area is 622 Å². The van der Waals surface area contributed by atoms with Gasteiger partial charge in [0.25, 0.3) is 0 Å². The molecule has 12 N–H and O–H groups in total. The van der Waals surface area contributed by atoms with Crippen LogP contribution in [-0.4, -0.2) is 193 Å². The summed E-state index contributed by atoms with van der Waals surface area (Å²) >= 11 is 0. The lowest BCUT2D eigenvalue weighted by atomic mass is 9.96. The Morgan fingerprint density at radius 3 is 1.05 bits per heavy atom. The average molecular weight is 1460 g/mol. The smallest absolute Gasteiger partial charge is 0.220 e. The Kier molecular flexibility index (Phi) is 58.4. The molecule has 3 fully saturated rings. The van der Waals surface area contributed by atoms with Crippen LogP contribution in [-0.2, 0) is 33.2 Å². The molecule has 3 aliphatic rings. The van der Waals surface area contributed by atoms with Crippen LogP contribution in [0.4, 0.5) is 0 Å². The Hall–Kier alpha value is -3.03. The maximum Gasteiger partial charge on any atom is 0.220 e. The van der Waals surface area contributed by atoms with E-state index in [9.17, 15) is 61.0 Å². The van der Waals surface area contributed by atoms with Gasteiger partial charge in [-0.1, -0.05) is 317 Å². The van der Waals surface area contributed by atoms with Crippen LogP contribution in [0.15, 0.2) is 85.1 Å². The molecule has 3 rings (SSSR count). The first-order valence-electron chi connectivity index (χ1n) is 41.3. The number of rotatable bonds is 65. The number of aliphatic hydroxyl groups excluding tert-OH is 11. The molecular weight excluding hydrogens is 1310 g/mol. The van der Waals surface area contributed by atoms with Crippen molar-refractivity contribution in [3.8, 4) is 0 Å². The van der Waals surface area contributed by atoms with Crippen molar-refractivity contribution in [2.75, 3.05) is 26.4 Å². The summed E-state index contributed by atoms with van der Waals surface area (Å²) in [7, 11) is 0. The lowest BCUT2D eigenvalue weighted by Gasteiger charge is -2.48. The van der Waals surface area contributed by atoms with Crippen molar-refractivity contribution >= 4 is 5.91 Å². The fraction of sp³-hybridized carbons (Fsp3) is 0.821. The number of amides is 1. The molecule has 19 nitrogen and oxygen atoms in total. The van der Waals surface area contributed by atoms with Crippen molar-refractivity contribution in [1.29, 1.82) is 0 Å². The molecular formula is C84H149NO18. The van der Waals surface area contributed by atoms with E-state index in [1.54, 1.807) is 0 Å². The first-order chi connectivity index (χ1) is 50.3. The van der Waals surface area contributed by atoms with E-state index in [2.05, 4.69) is 104 Å². The van der Waals surface area contributed by atoms with Gasteiger partial charge < -0.3 is 89.9 Å². The van der Waals surface area contributed by atoms with Gasteiger partial charge in [0.2, 0.25) is 5.91 Å². The number of aliphatic hydroxyl groups is 11. The first kappa shape index (κ1) is 94.2. The van der Waals surface area contributed by atoms with E-state index in [4.69, 9.17) is 28.4 Å². The molecule has 3 heterocycles. The van der Waals surface area contributed by atoms with E-state index in [1.807, 2.05) is 0 Å². The molecule has 19 heteroatoms. The highest BCUT2D eigenvalue weighted by Gasteiger charge is 2.54. The number of unbranched alkanes of at least 4 members (excludes halogenated alkanes) is 35. The Balaban J connectivity index is 1.37. The van der Waals surface area contributed by atoms with Gasteiger partial charge in [0.1, 0.15) is 73.2 Å². The van der Waals surface area contributed by atoms with Crippen molar-refractivity contribution < 1.29 is 89.4 Å². The van der Waals surface area contributed by atoms with Gasteiger partial charge in [-0.15, -0.1) is 0 Å². The molecule has 0 radical (unpaired) electrons. The summed E-state index contributed by atoms with van der Waals surface area (Å²) < 4.78 is 34.5. The monoisotopic (exact) mass is 1460 g/mol. The van der Waals surface area contributed by atoms with E-state index in [1.165, 1.54) is 173 Å². The number of nitrogens with one attached hydrogen (secondary N) is 1. The highest BCUT2D eigenvalue weighted by molar-refractivity contribution is 5.76. The zero-order valence-corrected chi connectivity index (χ0v) is 64.0. The second kappa shape index (κ2) is 63.9. The van der Waals surface area contributed by atoms with Crippen molar-refractivity contribution in [1.82, 2.24) is 5.32 Å². The molecule has 0 aromatic carbocycles. The van der Waals surface area contributed by atoms with Crippen LogP contribution >= 0.6 is 0 Å². The quantitative estimate of drug-likeness (QED) is 0.0199. The SMILES string of the molecule is CC/C=C\C/C=C\C/C=C\C/C=C\C/C=C\C/C=C\C/C=C\CCCCCCCCCCCC(=O)NC(COC1OC(CO)C(OC2OC(CO)C(OC3OC(CO)C(O)C(O)C3O)C(O)C2O)C(O)C1O)C(O)CCCCCCCCCCCCCCCCCCCCCCCCCCCCC. The Bertz CT molecular complexity index is 2190. The second-order valence-electron chi connectivity index (χ2n) is 29.2.